The summed E-state index contributed by atoms with van der Waals surface area (Å²) in [6.45, 7) is 0. The lowest BCUT2D eigenvalue weighted by molar-refractivity contribution is 0.102. The van der Waals surface area contributed by atoms with Gasteiger partial charge in [-0.3, -0.25) is 4.79 Å². The Morgan fingerprint density at radius 3 is 2.16 bits per heavy atom. The molecule has 6 nitrogen and oxygen atoms in total. The van der Waals surface area contributed by atoms with Crippen LogP contribution in [0.2, 0.25) is 10.0 Å². The van der Waals surface area contributed by atoms with Gasteiger partial charge in [-0.25, -0.2) is 13.5 Å². The maximum Gasteiger partial charge on any atom is 0.336 e. The van der Waals surface area contributed by atoms with Crippen LogP contribution in [0.1, 0.15) is 10.4 Å². The molecule has 0 saturated carbocycles. The number of thiol groups is 1. The van der Waals surface area contributed by atoms with Crippen LogP contribution in [0.5, 0.6) is 5.75 Å². The van der Waals surface area contributed by atoms with Crippen LogP contribution in [0, 0.1) is 5.82 Å². The van der Waals surface area contributed by atoms with Crippen molar-refractivity contribution in [3.8, 4) is 5.75 Å². The largest absolute Gasteiger partial charge is 0.494 e. The number of urea groups is 1. The Bertz CT molecular complexity index is 1110. The van der Waals surface area contributed by atoms with Gasteiger partial charge in [-0.2, -0.15) is 0 Å². The minimum Gasteiger partial charge on any atom is -0.494 e. The van der Waals surface area contributed by atoms with Crippen molar-refractivity contribution in [2.24, 2.45) is 0 Å². The number of nitrogens with zero attached hydrogens (tertiary/aromatic N) is 1. The predicted octanol–water partition coefficient (Wildman–Crippen LogP) is 6.28. The Morgan fingerprint density at radius 1 is 0.968 bits per heavy atom. The second kappa shape index (κ2) is 9.91. The van der Waals surface area contributed by atoms with Crippen LogP contribution in [0.3, 0.4) is 0 Å². The van der Waals surface area contributed by atoms with E-state index in [-0.39, 0.29) is 15.6 Å². The quantitative estimate of drug-likeness (QED) is 0.377. The molecule has 0 aromatic heterocycles. The average Bonchev–Trinajstić information content (AvgIpc) is 2.74. The summed E-state index contributed by atoms with van der Waals surface area (Å²) >= 11 is 16.4. The third kappa shape index (κ3) is 5.41. The summed E-state index contributed by atoms with van der Waals surface area (Å²) in [7, 11) is 1.43. The minimum absolute atomic E-state index is 0.0708. The summed E-state index contributed by atoms with van der Waals surface area (Å²) in [6.07, 6.45) is 0. The van der Waals surface area contributed by atoms with Gasteiger partial charge in [0.25, 0.3) is 5.91 Å². The van der Waals surface area contributed by atoms with E-state index in [2.05, 4.69) is 23.4 Å². The van der Waals surface area contributed by atoms with Crippen LogP contribution < -0.4 is 19.7 Å². The molecule has 2 N–H and O–H groups in total. The number of anilines is 3. The first-order valence-corrected chi connectivity index (χ1v) is 9.94. The van der Waals surface area contributed by atoms with E-state index in [4.69, 9.17) is 27.9 Å². The number of hydrogen-bond donors (Lipinski definition) is 3. The molecule has 0 spiro atoms. The van der Waals surface area contributed by atoms with E-state index in [1.165, 1.54) is 37.4 Å². The fourth-order valence-electron chi connectivity index (χ4n) is 2.65. The highest BCUT2D eigenvalue weighted by molar-refractivity contribution is 7.82. The maximum absolute atomic E-state index is 13.7. The summed E-state index contributed by atoms with van der Waals surface area (Å²) in [5.41, 5.74) is 1.13. The highest BCUT2D eigenvalue weighted by Crippen LogP contribution is 2.36. The molecular formula is C21H16Cl2FN3O3S. The molecule has 3 amide bonds. The molecule has 0 aliphatic rings. The van der Waals surface area contributed by atoms with Crippen molar-refractivity contribution in [1.29, 1.82) is 0 Å². The van der Waals surface area contributed by atoms with E-state index in [9.17, 15) is 14.0 Å². The molecule has 0 bridgehead atoms. The predicted molar refractivity (Wildman–Crippen MR) is 124 cm³/mol. The highest BCUT2D eigenvalue weighted by atomic mass is 35.5. The number of ether oxygens (including phenoxy) is 1. The molecule has 0 saturated heterocycles. The molecule has 0 fully saturated rings. The monoisotopic (exact) mass is 479 g/mol. The van der Waals surface area contributed by atoms with Gasteiger partial charge in [0.15, 0.2) is 5.75 Å². The van der Waals surface area contributed by atoms with Crippen molar-refractivity contribution in [3.63, 3.8) is 0 Å². The van der Waals surface area contributed by atoms with Crippen molar-refractivity contribution < 1.29 is 18.7 Å². The number of hydrogen-bond acceptors (Lipinski definition) is 4. The summed E-state index contributed by atoms with van der Waals surface area (Å²) in [5.74, 6) is -0.898. The van der Waals surface area contributed by atoms with E-state index >= 15 is 0 Å². The normalized spacial score (nSPS) is 10.4. The zero-order chi connectivity index (χ0) is 22.5. The summed E-state index contributed by atoms with van der Waals surface area (Å²) < 4.78 is 19.9. The molecule has 160 valence electrons. The van der Waals surface area contributed by atoms with Crippen molar-refractivity contribution in [2.45, 2.75) is 0 Å². The van der Waals surface area contributed by atoms with Gasteiger partial charge >= 0.3 is 6.03 Å². The molecule has 0 radical (unpaired) electrons. The highest BCUT2D eigenvalue weighted by Gasteiger charge is 2.16. The first-order chi connectivity index (χ1) is 14.8. The van der Waals surface area contributed by atoms with E-state index < -0.39 is 17.8 Å². The topological polar surface area (TPSA) is 70.7 Å². The Hall–Kier alpha value is -2.94. The summed E-state index contributed by atoms with van der Waals surface area (Å²) in [6, 6.07) is 14.3. The second-order valence-corrected chi connectivity index (χ2v) is 7.41. The Balaban J connectivity index is 1.67. The molecule has 3 aromatic rings. The Kier molecular flexibility index (Phi) is 7.27. The van der Waals surface area contributed by atoms with Gasteiger partial charge in [-0.05, 0) is 48.5 Å². The van der Waals surface area contributed by atoms with Gasteiger partial charge in [0.1, 0.15) is 5.82 Å². The van der Waals surface area contributed by atoms with E-state index in [0.29, 0.717) is 22.8 Å². The molecule has 0 heterocycles. The van der Waals surface area contributed by atoms with Gasteiger partial charge in [-0.15, -0.1) is 0 Å². The lowest BCUT2D eigenvalue weighted by atomic mass is 10.2. The minimum atomic E-state index is -0.617. The smallest absolute Gasteiger partial charge is 0.336 e. The van der Waals surface area contributed by atoms with Crippen LogP contribution >= 0.6 is 36.0 Å². The zero-order valence-electron chi connectivity index (χ0n) is 16.0. The number of rotatable bonds is 5. The first-order valence-electron chi connectivity index (χ1n) is 8.79. The van der Waals surface area contributed by atoms with Gasteiger partial charge in [-0.1, -0.05) is 48.1 Å². The Labute approximate surface area is 193 Å². The van der Waals surface area contributed by atoms with Crippen molar-refractivity contribution in [2.75, 3.05) is 22.0 Å². The molecule has 0 unspecified atom stereocenters. The SMILES string of the molecule is COc1c(Cl)cc(NC(=O)N(S)c2ccc(NC(=O)c3ccccc3F)cc2)cc1Cl. The molecule has 3 aromatic carbocycles. The fraction of sp³-hybridized carbons (Fsp3) is 0.0476. The lowest BCUT2D eigenvalue weighted by Crippen LogP contribution is -2.26. The first kappa shape index (κ1) is 22.7. The number of amides is 3. The fourth-order valence-corrected chi connectivity index (χ4v) is 3.48. The molecule has 0 atom stereocenters. The zero-order valence-corrected chi connectivity index (χ0v) is 18.4. The molecule has 0 aliphatic carbocycles. The molecular weight excluding hydrogens is 464 g/mol. The van der Waals surface area contributed by atoms with Crippen LogP contribution in [0.15, 0.2) is 60.7 Å². The van der Waals surface area contributed by atoms with E-state index in [0.717, 1.165) is 4.31 Å². The third-order valence-corrected chi connectivity index (χ3v) is 5.11. The number of benzene rings is 3. The Morgan fingerprint density at radius 2 is 1.58 bits per heavy atom. The van der Waals surface area contributed by atoms with Crippen LogP contribution in [-0.4, -0.2) is 19.0 Å². The number of halogens is 3. The van der Waals surface area contributed by atoms with Crippen LogP contribution in [-0.2, 0) is 0 Å². The van der Waals surface area contributed by atoms with E-state index in [1.807, 2.05) is 0 Å². The van der Waals surface area contributed by atoms with E-state index in [1.54, 1.807) is 30.3 Å². The van der Waals surface area contributed by atoms with Gasteiger partial charge in [0.05, 0.1) is 28.4 Å². The molecule has 31 heavy (non-hydrogen) atoms. The third-order valence-electron chi connectivity index (χ3n) is 4.13. The van der Waals surface area contributed by atoms with Gasteiger partial charge in [0, 0.05) is 11.4 Å². The maximum atomic E-state index is 13.7. The average molecular weight is 480 g/mol. The number of carbonyl (C=O) groups excluding carboxylic acids is 2. The summed E-state index contributed by atoms with van der Waals surface area (Å²) in [4.78, 5) is 24.7. The second-order valence-electron chi connectivity index (χ2n) is 6.20. The molecule has 10 heteroatoms. The standard InChI is InChI=1S/C21H16Cl2FN3O3S/c1-30-19-16(22)10-13(11-17(19)23)26-21(29)27(31)14-8-6-12(7-9-14)25-20(28)15-4-2-3-5-18(15)24/h2-11,31H,1H3,(H,25,28)(H,26,29). The number of nitrogens with one attached hydrogen (secondary N) is 2. The van der Waals surface area contributed by atoms with Crippen molar-refractivity contribution in [1.82, 2.24) is 0 Å². The summed E-state index contributed by atoms with van der Waals surface area (Å²) in [5, 5.41) is 5.70. The van der Waals surface area contributed by atoms with Crippen molar-refractivity contribution in [3.05, 3.63) is 82.1 Å². The number of carbonyl (C=O) groups is 2. The number of methoxy groups -OCH3 is 1. The molecule has 0 aliphatic heterocycles. The van der Waals surface area contributed by atoms with Gasteiger partial charge < -0.3 is 15.4 Å². The van der Waals surface area contributed by atoms with Crippen molar-refractivity contribution >= 4 is 65.0 Å². The molecule has 3 rings (SSSR count). The van der Waals surface area contributed by atoms with Crippen LogP contribution in [0.25, 0.3) is 0 Å². The van der Waals surface area contributed by atoms with Crippen LogP contribution in [0.4, 0.5) is 26.2 Å². The van der Waals surface area contributed by atoms with Gasteiger partial charge in [0.2, 0.25) is 0 Å². The lowest BCUT2D eigenvalue weighted by Gasteiger charge is -2.18.